The lowest BCUT2D eigenvalue weighted by molar-refractivity contribution is -0.00414. The van der Waals surface area contributed by atoms with Crippen molar-refractivity contribution in [2.45, 2.75) is 12.6 Å². The number of aromatic nitrogens is 2. The van der Waals surface area contributed by atoms with E-state index in [4.69, 9.17) is 4.74 Å². The Hall–Kier alpha value is -1.74. The van der Waals surface area contributed by atoms with Gasteiger partial charge in [-0.1, -0.05) is 30.3 Å². The average molecular weight is 350 g/mol. The largest absolute Gasteiger partial charge is 0.371 e. The minimum absolute atomic E-state index is 0.235. The molecule has 0 radical (unpaired) electrons. The Bertz CT molecular complexity index is 776. The lowest BCUT2D eigenvalue weighted by Gasteiger charge is -2.34. The number of hydrogen-bond donors (Lipinski definition) is 0. The van der Waals surface area contributed by atoms with Crippen LogP contribution in [0.15, 0.2) is 42.7 Å². The smallest absolute Gasteiger partial charge is 0.282 e. The minimum Gasteiger partial charge on any atom is -0.371 e. The lowest BCUT2D eigenvalue weighted by atomic mass is 10.1. The second-order valence-corrected chi connectivity index (χ2v) is 7.95. The SMILES string of the molecule is CN(Cc1cnn(C)c1)S(=O)(=O)N1CCO[C@H](c2ccccc2)C1. The first-order valence-corrected chi connectivity index (χ1v) is 9.22. The predicted octanol–water partition coefficient (Wildman–Crippen LogP) is 1.17. The number of rotatable bonds is 5. The first-order chi connectivity index (χ1) is 11.5. The zero-order chi connectivity index (χ0) is 17.2. The van der Waals surface area contributed by atoms with E-state index in [1.165, 1.54) is 8.61 Å². The van der Waals surface area contributed by atoms with E-state index in [0.29, 0.717) is 26.2 Å². The zero-order valence-corrected chi connectivity index (χ0v) is 14.7. The molecule has 1 aliphatic rings. The molecular weight excluding hydrogens is 328 g/mol. The zero-order valence-electron chi connectivity index (χ0n) is 13.9. The molecule has 3 rings (SSSR count). The third-order valence-electron chi connectivity index (χ3n) is 4.08. The summed E-state index contributed by atoms with van der Waals surface area (Å²) in [5.74, 6) is 0. The van der Waals surface area contributed by atoms with Crippen molar-refractivity contribution in [1.29, 1.82) is 0 Å². The van der Waals surface area contributed by atoms with Crippen LogP contribution in [0.3, 0.4) is 0 Å². The third-order valence-corrected chi connectivity index (χ3v) is 5.99. The maximum Gasteiger partial charge on any atom is 0.282 e. The van der Waals surface area contributed by atoms with E-state index >= 15 is 0 Å². The quantitative estimate of drug-likeness (QED) is 0.812. The highest BCUT2D eigenvalue weighted by Crippen LogP contribution is 2.24. The Kier molecular flexibility index (Phi) is 5.00. The van der Waals surface area contributed by atoms with Gasteiger partial charge in [0.25, 0.3) is 10.2 Å². The molecule has 7 nitrogen and oxygen atoms in total. The molecule has 0 unspecified atom stereocenters. The number of nitrogens with zero attached hydrogens (tertiary/aromatic N) is 4. The van der Waals surface area contributed by atoms with Gasteiger partial charge in [0.2, 0.25) is 0 Å². The summed E-state index contributed by atoms with van der Waals surface area (Å²) >= 11 is 0. The normalized spacial score (nSPS) is 19.7. The number of benzene rings is 1. The number of hydrogen-bond acceptors (Lipinski definition) is 4. The van der Waals surface area contributed by atoms with Crippen molar-refractivity contribution in [3.05, 3.63) is 53.9 Å². The average Bonchev–Trinajstić information content (AvgIpc) is 3.00. The Labute approximate surface area is 142 Å². The van der Waals surface area contributed by atoms with Gasteiger partial charge in [0.05, 0.1) is 18.9 Å². The second kappa shape index (κ2) is 7.02. The molecule has 1 aromatic heterocycles. The van der Waals surface area contributed by atoms with Gasteiger partial charge in [-0.3, -0.25) is 4.68 Å². The van der Waals surface area contributed by atoms with E-state index in [1.807, 2.05) is 43.6 Å². The van der Waals surface area contributed by atoms with Gasteiger partial charge in [-0.05, 0) is 5.56 Å². The van der Waals surface area contributed by atoms with Gasteiger partial charge in [-0.2, -0.15) is 22.1 Å². The van der Waals surface area contributed by atoms with Crippen LogP contribution in [0.5, 0.6) is 0 Å². The molecule has 0 N–H and O–H groups in total. The van der Waals surface area contributed by atoms with Crippen molar-refractivity contribution in [2.75, 3.05) is 26.7 Å². The van der Waals surface area contributed by atoms with Crippen molar-refractivity contribution < 1.29 is 13.2 Å². The van der Waals surface area contributed by atoms with Crippen LogP contribution in [-0.4, -0.2) is 53.6 Å². The standard InChI is InChI=1S/C16H22N4O3S/c1-18-11-14(10-17-18)12-19(2)24(21,22)20-8-9-23-16(13-20)15-6-4-3-5-7-15/h3-7,10-11,16H,8-9,12-13H2,1-2H3/t16-/m0/s1. The third kappa shape index (κ3) is 3.67. The van der Waals surface area contributed by atoms with Crippen LogP contribution in [0.2, 0.25) is 0 Å². The van der Waals surface area contributed by atoms with E-state index in [-0.39, 0.29) is 6.10 Å². The van der Waals surface area contributed by atoms with Gasteiger partial charge in [-0.15, -0.1) is 0 Å². The number of morpholine rings is 1. The summed E-state index contributed by atoms with van der Waals surface area (Å²) in [5, 5.41) is 4.08. The molecule has 0 aliphatic carbocycles. The molecule has 1 saturated heterocycles. The fourth-order valence-electron chi connectivity index (χ4n) is 2.79. The van der Waals surface area contributed by atoms with E-state index in [9.17, 15) is 8.42 Å². The highest BCUT2D eigenvalue weighted by Gasteiger charge is 2.33. The van der Waals surface area contributed by atoms with Gasteiger partial charge in [0.1, 0.15) is 0 Å². The van der Waals surface area contributed by atoms with E-state index in [2.05, 4.69) is 5.10 Å². The maximum atomic E-state index is 12.8. The van der Waals surface area contributed by atoms with E-state index in [0.717, 1.165) is 11.1 Å². The topological polar surface area (TPSA) is 67.7 Å². The Balaban J connectivity index is 1.71. The molecule has 1 atom stereocenters. The van der Waals surface area contributed by atoms with Crippen LogP contribution in [-0.2, 0) is 28.5 Å². The summed E-state index contributed by atoms with van der Waals surface area (Å²) in [6.45, 7) is 1.37. The van der Waals surface area contributed by atoms with Crippen LogP contribution >= 0.6 is 0 Å². The van der Waals surface area contributed by atoms with Gasteiger partial charge < -0.3 is 4.74 Å². The molecule has 0 saturated carbocycles. The summed E-state index contributed by atoms with van der Waals surface area (Å²) in [6.07, 6.45) is 3.26. The Morgan fingerprint density at radius 1 is 1.33 bits per heavy atom. The highest BCUT2D eigenvalue weighted by atomic mass is 32.2. The van der Waals surface area contributed by atoms with Crippen molar-refractivity contribution >= 4 is 10.2 Å². The van der Waals surface area contributed by atoms with Crippen molar-refractivity contribution in [3.63, 3.8) is 0 Å². The summed E-state index contributed by atoms with van der Waals surface area (Å²) in [5.41, 5.74) is 1.85. The molecule has 0 amide bonds. The predicted molar refractivity (Wildman–Crippen MR) is 90.3 cm³/mol. The molecule has 1 aromatic carbocycles. The first-order valence-electron chi connectivity index (χ1n) is 7.82. The monoisotopic (exact) mass is 350 g/mol. The van der Waals surface area contributed by atoms with E-state index < -0.39 is 10.2 Å². The molecule has 2 aromatic rings. The van der Waals surface area contributed by atoms with Crippen molar-refractivity contribution in [2.24, 2.45) is 7.05 Å². The number of ether oxygens (including phenoxy) is 1. The Morgan fingerprint density at radius 3 is 2.75 bits per heavy atom. The van der Waals surface area contributed by atoms with E-state index in [1.54, 1.807) is 17.9 Å². The van der Waals surface area contributed by atoms with Gasteiger partial charge in [0.15, 0.2) is 0 Å². The first kappa shape index (κ1) is 17.1. The molecule has 24 heavy (non-hydrogen) atoms. The maximum absolute atomic E-state index is 12.8. The summed E-state index contributed by atoms with van der Waals surface area (Å²) in [4.78, 5) is 0. The molecule has 2 heterocycles. The van der Waals surface area contributed by atoms with Gasteiger partial charge in [0, 0.05) is 45.5 Å². The molecule has 1 fully saturated rings. The second-order valence-electron chi connectivity index (χ2n) is 5.91. The summed E-state index contributed by atoms with van der Waals surface area (Å²) < 4.78 is 35.9. The lowest BCUT2D eigenvalue weighted by Crippen LogP contribution is -2.47. The summed E-state index contributed by atoms with van der Waals surface area (Å²) in [7, 11) is -0.140. The molecule has 0 bridgehead atoms. The molecular formula is C16H22N4O3S. The van der Waals surface area contributed by atoms with Crippen LogP contribution in [0.4, 0.5) is 0 Å². The van der Waals surface area contributed by atoms with Crippen LogP contribution in [0, 0.1) is 0 Å². The molecule has 1 aliphatic heterocycles. The van der Waals surface area contributed by atoms with Crippen LogP contribution in [0.25, 0.3) is 0 Å². The van der Waals surface area contributed by atoms with Gasteiger partial charge >= 0.3 is 0 Å². The summed E-state index contributed by atoms with van der Waals surface area (Å²) in [6, 6.07) is 9.71. The fraction of sp³-hybridized carbons (Fsp3) is 0.438. The Morgan fingerprint density at radius 2 is 2.08 bits per heavy atom. The number of aryl methyl sites for hydroxylation is 1. The van der Waals surface area contributed by atoms with Crippen molar-refractivity contribution in [3.8, 4) is 0 Å². The van der Waals surface area contributed by atoms with Crippen LogP contribution in [0.1, 0.15) is 17.2 Å². The van der Waals surface area contributed by atoms with Crippen molar-refractivity contribution in [1.82, 2.24) is 18.4 Å². The van der Waals surface area contributed by atoms with Gasteiger partial charge in [-0.25, -0.2) is 0 Å². The van der Waals surface area contributed by atoms with Crippen LogP contribution < -0.4 is 0 Å². The molecule has 130 valence electrons. The molecule has 8 heteroatoms. The fourth-order valence-corrected chi connectivity index (χ4v) is 4.13. The minimum atomic E-state index is -3.54. The highest BCUT2D eigenvalue weighted by molar-refractivity contribution is 7.86. The molecule has 0 spiro atoms.